The Bertz CT molecular complexity index is 600. The predicted molar refractivity (Wildman–Crippen MR) is 78.0 cm³/mol. The molecule has 0 bridgehead atoms. The molecule has 5 nitrogen and oxygen atoms in total. The molecular weight excluding hydrogens is 254 g/mol. The van der Waals surface area contributed by atoms with Gasteiger partial charge in [0.25, 0.3) is 0 Å². The van der Waals surface area contributed by atoms with Gasteiger partial charge >= 0.3 is 0 Å². The van der Waals surface area contributed by atoms with Crippen LogP contribution in [0.25, 0.3) is 11.0 Å². The second-order valence-electron chi connectivity index (χ2n) is 5.72. The van der Waals surface area contributed by atoms with Crippen molar-refractivity contribution in [1.29, 1.82) is 0 Å². The highest BCUT2D eigenvalue weighted by atomic mass is 16.3. The number of aliphatic hydroxyl groups excluding tert-OH is 2. The van der Waals surface area contributed by atoms with Gasteiger partial charge in [0.05, 0.1) is 17.1 Å². The number of hydrogen-bond acceptors (Lipinski definition) is 4. The van der Waals surface area contributed by atoms with Crippen LogP contribution in [-0.4, -0.2) is 25.9 Å². The monoisotopic (exact) mass is 275 g/mol. The van der Waals surface area contributed by atoms with Crippen LogP contribution < -0.4 is 5.73 Å². The van der Waals surface area contributed by atoms with Crippen LogP contribution in [0.3, 0.4) is 0 Å². The van der Waals surface area contributed by atoms with Crippen LogP contribution in [0.15, 0.2) is 18.2 Å². The molecule has 1 aliphatic carbocycles. The topological polar surface area (TPSA) is 84.3 Å². The number of aromatic nitrogens is 2. The molecule has 1 saturated carbocycles. The van der Waals surface area contributed by atoms with E-state index < -0.39 is 0 Å². The summed E-state index contributed by atoms with van der Waals surface area (Å²) in [4.78, 5) is 4.46. The Morgan fingerprint density at radius 3 is 2.70 bits per heavy atom. The summed E-state index contributed by atoms with van der Waals surface area (Å²) in [6.45, 7) is 0.785. The highest BCUT2D eigenvalue weighted by Gasteiger charge is 2.21. The number of fused-ring (bicyclic) bond motifs is 1. The first-order valence-electron chi connectivity index (χ1n) is 7.21. The Hall–Kier alpha value is -1.59. The summed E-state index contributed by atoms with van der Waals surface area (Å²) in [5.74, 6) is 1.23. The summed E-state index contributed by atoms with van der Waals surface area (Å²) in [6, 6.07) is 5.68. The van der Waals surface area contributed by atoms with E-state index in [1.807, 2.05) is 18.2 Å². The van der Waals surface area contributed by atoms with Crippen molar-refractivity contribution in [1.82, 2.24) is 9.55 Å². The second kappa shape index (κ2) is 5.42. The van der Waals surface area contributed by atoms with E-state index in [1.54, 1.807) is 0 Å². The maximum absolute atomic E-state index is 9.58. The molecule has 0 amide bonds. The molecular formula is C15H21N3O2. The van der Waals surface area contributed by atoms with Crippen LogP contribution >= 0.6 is 0 Å². The van der Waals surface area contributed by atoms with E-state index in [-0.39, 0.29) is 12.7 Å². The molecule has 0 aliphatic heterocycles. The van der Waals surface area contributed by atoms with Crippen molar-refractivity contribution in [2.24, 2.45) is 5.92 Å². The van der Waals surface area contributed by atoms with Gasteiger partial charge in [-0.1, -0.05) is 0 Å². The van der Waals surface area contributed by atoms with Crippen LogP contribution in [0.2, 0.25) is 0 Å². The van der Waals surface area contributed by atoms with Crippen molar-refractivity contribution in [2.45, 2.75) is 44.9 Å². The van der Waals surface area contributed by atoms with Crippen LogP contribution in [-0.2, 0) is 13.2 Å². The van der Waals surface area contributed by atoms with Crippen LogP contribution in [0.1, 0.15) is 31.5 Å². The molecule has 2 aromatic rings. The Labute approximate surface area is 118 Å². The number of aliphatic hydroxyl groups is 2. The van der Waals surface area contributed by atoms with Gasteiger partial charge < -0.3 is 20.5 Å². The third-order valence-corrected chi connectivity index (χ3v) is 4.25. The van der Waals surface area contributed by atoms with E-state index >= 15 is 0 Å². The summed E-state index contributed by atoms with van der Waals surface area (Å²) in [5, 5.41) is 19.1. The van der Waals surface area contributed by atoms with Gasteiger partial charge in [-0.2, -0.15) is 0 Å². The van der Waals surface area contributed by atoms with Crippen molar-refractivity contribution in [3.05, 3.63) is 24.0 Å². The van der Waals surface area contributed by atoms with E-state index in [1.165, 1.54) is 0 Å². The Balaban J connectivity index is 1.89. The van der Waals surface area contributed by atoms with Crippen molar-refractivity contribution in [2.75, 3.05) is 5.73 Å². The zero-order valence-electron chi connectivity index (χ0n) is 11.5. The molecule has 108 valence electrons. The zero-order chi connectivity index (χ0) is 14.1. The van der Waals surface area contributed by atoms with E-state index in [4.69, 9.17) is 5.73 Å². The Kier molecular flexibility index (Phi) is 3.63. The summed E-state index contributed by atoms with van der Waals surface area (Å²) < 4.78 is 2.09. The largest absolute Gasteiger partial charge is 0.399 e. The van der Waals surface area contributed by atoms with Crippen LogP contribution in [0.5, 0.6) is 0 Å². The molecule has 1 aliphatic rings. The molecule has 1 aromatic carbocycles. The van der Waals surface area contributed by atoms with E-state index in [2.05, 4.69) is 9.55 Å². The average molecular weight is 275 g/mol. The average Bonchev–Trinajstić information content (AvgIpc) is 2.78. The SMILES string of the molecule is Nc1ccc2c(c1)nc(CO)n2CC1CCC(O)CC1. The number of anilines is 1. The molecule has 1 aromatic heterocycles. The summed E-state index contributed by atoms with van der Waals surface area (Å²) >= 11 is 0. The Morgan fingerprint density at radius 2 is 2.00 bits per heavy atom. The molecule has 3 rings (SSSR count). The third-order valence-electron chi connectivity index (χ3n) is 4.25. The lowest BCUT2D eigenvalue weighted by Crippen LogP contribution is -2.22. The number of imidazole rings is 1. The van der Waals surface area contributed by atoms with Crippen molar-refractivity contribution in [3.8, 4) is 0 Å². The molecule has 0 radical (unpaired) electrons. The highest BCUT2D eigenvalue weighted by molar-refractivity contribution is 5.79. The van der Waals surface area contributed by atoms with Gasteiger partial charge in [0, 0.05) is 12.2 Å². The van der Waals surface area contributed by atoms with Gasteiger partial charge in [0.1, 0.15) is 12.4 Å². The van der Waals surface area contributed by atoms with Crippen molar-refractivity contribution in [3.63, 3.8) is 0 Å². The van der Waals surface area contributed by atoms with E-state index in [0.29, 0.717) is 17.4 Å². The molecule has 0 atom stereocenters. The summed E-state index contributed by atoms with van der Waals surface area (Å²) in [6.07, 6.45) is 3.67. The first-order chi connectivity index (χ1) is 9.67. The molecule has 1 heterocycles. The van der Waals surface area contributed by atoms with Gasteiger partial charge in [-0.25, -0.2) is 4.98 Å². The molecule has 1 fully saturated rings. The number of nitrogens with two attached hydrogens (primary N) is 1. The predicted octanol–water partition coefficient (Wildman–Crippen LogP) is 1.66. The lowest BCUT2D eigenvalue weighted by Gasteiger charge is -2.26. The minimum Gasteiger partial charge on any atom is -0.399 e. The maximum atomic E-state index is 9.58. The third kappa shape index (κ3) is 2.51. The molecule has 4 N–H and O–H groups in total. The van der Waals surface area contributed by atoms with Crippen molar-refractivity contribution >= 4 is 16.7 Å². The van der Waals surface area contributed by atoms with Crippen molar-refractivity contribution < 1.29 is 10.2 Å². The van der Waals surface area contributed by atoms with Gasteiger partial charge in [-0.3, -0.25) is 0 Å². The smallest absolute Gasteiger partial charge is 0.135 e. The summed E-state index contributed by atoms with van der Waals surface area (Å²) in [7, 11) is 0. The number of hydrogen-bond donors (Lipinski definition) is 3. The molecule has 5 heteroatoms. The molecule has 0 spiro atoms. The highest BCUT2D eigenvalue weighted by Crippen LogP contribution is 2.28. The maximum Gasteiger partial charge on any atom is 0.135 e. The zero-order valence-corrected chi connectivity index (χ0v) is 11.5. The van der Waals surface area contributed by atoms with Crippen LogP contribution in [0.4, 0.5) is 5.69 Å². The van der Waals surface area contributed by atoms with E-state index in [9.17, 15) is 10.2 Å². The lowest BCUT2D eigenvalue weighted by molar-refractivity contribution is 0.104. The van der Waals surface area contributed by atoms with Gasteiger partial charge in [0.15, 0.2) is 0 Å². The lowest BCUT2D eigenvalue weighted by atomic mass is 9.87. The first-order valence-corrected chi connectivity index (χ1v) is 7.21. The first kappa shape index (κ1) is 13.4. The number of benzene rings is 1. The number of rotatable bonds is 3. The van der Waals surface area contributed by atoms with Crippen LogP contribution in [0, 0.1) is 5.92 Å². The number of nitrogen functional groups attached to an aromatic ring is 1. The number of nitrogens with zero attached hydrogens (tertiary/aromatic N) is 2. The quantitative estimate of drug-likeness (QED) is 0.744. The fourth-order valence-electron chi connectivity index (χ4n) is 3.11. The standard InChI is InChI=1S/C15H21N3O2/c16-11-3-6-14-13(7-11)17-15(9-19)18(14)8-10-1-4-12(20)5-2-10/h3,6-7,10,12,19-20H,1-2,4-5,8-9,16H2. The fraction of sp³-hybridized carbons (Fsp3) is 0.533. The summed E-state index contributed by atoms with van der Waals surface area (Å²) in [5.41, 5.74) is 8.33. The minimum absolute atomic E-state index is 0.0655. The molecule has 0 unspecified atom stereocenters. The minimum atomic E-state index is -0.136. The molecule has 0 saturated heterocycles. The normalized spacial score (nSPS) is 23.3. The van der Waals surface area contributed by atoms with E-state index in [0.717, 1.165) is 43.3 Å². The van der Waals surface area contributed by atoms with Gasteiger partial charge in [0.2, 0.25) is 0 Å². The molecule has 20 heavy (non-hydrogen) atoms. The van der Waals surface area contributed by atoms with Gasteiger partial charge in [-0.15, -0.1) is 0 Å². The van der Waals surface area contributed by atoms with Gasteiger partial charge in [-0.05, 0) is 49.8 Å². The second-order valence-corrected chi connectivity index (χ2v) is 5.72. The Morgan fingerprint density at radius 1 is 1.25 bits per heavy atom. The fourth-order valence-corrected chi connectivity index (χ4v) is 3.11.